The van der Waals surface area contributed by atoms with Crippen molar-refractivity contribution in [3.05, 3.63) is 53.7 Å². The first-order valence-corrected chi connectivity index (χ1v) is 8.70. The second kappa shape index (κ2) is 7.86. The van der Waals surface area contributed by atoms with Gasteiger partial charge in [0, 0.05) is 18.4 Å². The third-order valence-corrected chi connectivity index (χ3v) is 3.91. The van der Waals surface area contributed by atoms with E-state index in [2.05, 4.69) is 32.3 Å². The Balaban J connectivity index is 2.01. The van der Waals surface area contributed by atoms with Gasteiger partial charge in [-0.05, 0) is 44.0 Å². The average molecular weight is 350 g/mol. The minimum absolute atomic E-state index is 0.124. The summed E-state index contributed by atoms with van der Waals surface area (Å²) in [5.74, 6) is 0.348. The largest absolute Gasteiger partial charge is 0.349 e. The zero-order valence-electron chi connectivity index (χ0n) is 15.2. The molecule has 26 heavy (non-hydrogen) atoms. The molecule has 7 nitrogen and oxygen atoms in total. The van der Waals surface area contributed by atoms with Crippen LogP contribution in [0.15, 0.2) is 36.7 Å². The number of rotatable bonds is 6. The standard InChI is InChI=1S/C19H22N6O/c1-4-5-10-20-19(26)17-23-18(16-9-6-13(2)11-22-16)25(24-17)15-8-7-14(3)21-12-15/h6-9,11-12H,4-5,10H2,1-3H3,(H,20,26). The SMILES string of the molecule is CCCCNC(=O)c1nc(-c2ccc(C)cn2)n(-c2ccc(C)nc2)n1. The lowest BCUT2D eigenvalue weighted by atomic mass is 10.2. The van der Waals surface area contributed by atoms with Crippen molar-refractivity contribution in [3.63, 3.8) is 0 Å². The molecule has 0 atom stereocenters. The van der Waals surface area contributed by atoms with Gasteiger partial charge in [0.25, 0.3) is 5.91 Å². The lowest BCUT2D eigenvalue weighted by Gasteiger charge is -2.05. The first kappa shape index (κ1) is 17.7. The van der Waals surface area contributed by atoms with Crippen LogP contribution in [0.3, 0.4) is 0 Å². The molecule has 0 radical (unpaired) electrons. The predicted molar refractivity (Wildman–Crippen MR) is 99.1 cm³/mol. The monoisotopic (exact) mass is 350 g/mol. The van der Waals surface area contributed by atoms with Crippen molar-refractivity contribution in [2.75, 3.05) is 6.54 Å². The van der Waals surface area contributed by atoms with Crippen LogP contribution >= 0.6 is 0 Å². The van der Waals surface area contributed by atoms with Gasteiger partial charge in [-0.3, -0.25) is 14.8 Å². The van der Waals surface area contributed by atoms with E-state index in [0.717, 1.165) is 29.8 Å². The fraction of sp³-hybridized carbons (Fsp3) is 0.316. The predicted octanol–water partition coefficient (Wildman–Crippen LogP) is 2.87. The molecule has 0 aromatic carbocycles. The summed E-state index contributed by atoms with van der Waals surface area (Å²) in [6.45, 7) is 6.57. The van der Waals surface area contributed by atoms with E-state index in [1.165, 1.54) is 0 Å². The van der Waals surface area contributed by atoms with E-state index in [4.69, 9.17) is 0 Å². The molecule has 3 aromatic rings. The molecule has 0 spiro atoms. The zero-order valence-corrected chi connectivity index (χ0v) is 15.2. The summed E-state index contributed by atoms with van der Waals surface area (Å²) in [6.07, 6.45) is 5.40. The number of amides is 1. The Labute approximate surface area is 152 Å². The first-order valence-electron chi connectivity index (χ1n) is 8.70. The highest BCUT2D eigenvalue weighted by Gasteiger charge is 2.19. The molecule has 0 aliphatic carbocycles. The Morgan fingerprint density at radius 2 is 1.96 bits per heavy atom. The second-order valence-corrected chi connectivity index (χ2v) is 6.16. The summed E-state index contributed by atoms with van der Waals surface area (Å²) in [7, 11) is 0. The summed E-state index contributed by atoms with van der Waals surface area (Å²) in [5.41, 5.74) is 3.33. The molecule has 0 aliphatic heterocycles. The number of unbranched alkanes of at least 4 members (excludes halogenated alkanes) is 1. The molecule has 3 aromatic heterocycles. The van der Waals surface area contributed by atoms with Gasteiger partial charge in [-0.25, -0.2) is 9.67 Å². The fourth-order valence-corrected chi connectivity index (χ4v) is 2.40. The first-order chi connectivity index (χ1) is 12.6. The van der Waals surface area contributed by atoms with Crippen LogP contribution in [0.4, 0.5) is 0 Å². The molecular formula is C19H22N6O. The number of pyridine rings is 2. The Morgan fingerprint density at radius 1 is 1.12 bits per heavy atom. The lowest BCUT2D eigenvalue weighted by molar-refractivity contribution is 0.0943. The quantitative estimate of drug-likeness (QED) is 0.691. The number of carbonyl (C=O) groups excluding carboxylic acids is 1. The highest BCUT2D eigenvalue weighted by molar-refractivity contribution is 5.90. The number of hydrogen-bond acceptors (Lipinski definition) is 5. The Hall–Kier alpha value is -3.09. The maximum absolute atomic E-state index is 12.4. The molecule has 3 rings (SSSR count). The van der Waals surface area contributed by atoms with Crippen molar-refractivity contribution in [2.24, 2.45) is 0 Å². The number of carbonyl (C=O) groups is 1. The van der Waals surface area contributed by atoms with E-state index >= 15 is 0 Å². The van der Waals surface area contributed by atoms with Gasteiger partial charge in [0.15, 0.2) is 5.82 Å². The second-order valence-electron chi connectivity index (χ2n) is 6.16. The normalized spacial score (nSPS) is 10.7. The molecule has 0 saturated heterocycles. The highest BCUT2D eigenvalue weighted by atomic mass is 16.2. The Kier molecular flexibility index (Phi) is 5.36. The Bertz CT molecular complexity index is 820. The van der Waals surface area contributed by atoms with Crippen LogP contribution in [0.5, 0.6) is 0 Å². The van der Waals surface area contributed by atoms with E-state index in [-0.39, 0.29) is 11.7 Å². The van der Waals surface area contributed by atoms with E-state index in [1.54, 1.807) is 17.1 Å². The van der Waals surface area contributed by atoms with Crippen LogP contribution in [0.2, 0.25) is 0 Å². The molecule has 7 heteroatoms. The van der Waals surface area contributed by atoms with Gasteiger partial charge in [0.2, 0.25) is 5.82 Å². The summed E-state index contributed by atoms with van der Waals surface area (Å²) in [4.78, 5) is 25.5. The lowest BCUT2D eigenvalue weighted by Crippen LogP contribution is -2.25. The van der Waals surface area contributed by atoms with Gasteiger partial charge in [-0.1, -0.05) is 19.4 Å². The van der Waals surface area contributed by atoms with Gasteiger partial charge in [-0.15, -0.1) is 5.10 Å². The van der Waals surface area contributed by atoms with E-state index < -0.39 is 0 Å². The minimum Gasteiger partial charge on any atom is -0.349 e. The molecule has 3 heterocycles. The number of hydrogen-bond donors (Lipinski definition) is 1. The minimum atomic E-state index is -0.286. The molecule has 0 unspecified atom stereocenters. The smallest absolute Gasteiger partial charge is 0.290 e. The summed E-state index contributed by atoms with van der Waals surface area (Å²) < 4.78 is 1.61. The van der Waals surface area contributed by atoms with Gasteiger partial charge in [0.05, 0.1) is 11.9 Å². The van der Waals surface area contributed by atoms with Crippen LogP contribution in [-0.2, 0) is 0 Å². The number of aryl methyl sites for hydroxylation is 2. The van der Waals surface area contributed by atoms with E-state index in [1.807, 2.05) is 38.1 Å². The molecule has 134 valence electrons. The van der Waals surface area contributed by atoms with Crippen LogP contribution in [0.25, 0.3) is 17.2 Å². The molecule has 0 bridgehead atoms. The molecule has 1 amide bonds. The van der Waals surface area contributed by atoms with Crippen LogP contribution in [-0.4, -0.2) is 37.2 Å². The van der Waals surface area contributed by atoms with Crippen molar-refractivity contribution in [2.45, 2.75) is 33.6 Å². The van der Waals surface area contributed by atoms with Gasteiger partial charge >= 0.3 is 0 Å². The zero-order chi connectivity index (χ0) is 18.5. The molecular weight excluding hydrogens is 328 g/mol. The van der Waals surface area contributed by atoms with Crippen molar-refractivity contribution >= 4 is 5.91 Å². The summed E-state index contributed by atoms with van der Waals surface area (Å²) >= 11 is 0. The third-order valence-electron chi connectivity index (χ3n) is 3.91. The molecule has 0 saturated carbocycles. The third kappa shape index (κ3) is 3.93. The van der Waals surface area contributed by atoms with Crippen molar-refractivity contribution in [1.29, 1.82) is 0 Å². The van der Waals surface area contributed by atoms with Crippen molar-refractivity contribution in [3.8, 4) is 17.2 Å². The van der Waals surface area contributed by atoms with Crippen molar-refractivity contribution < 1.29 is 4.79 Å². The topological polar surface area (TPSA) is 85.6 Å². The number of aromatic nitrogens is 5. The van der Waals surface area contributed by atoms with Crippen LogP contribution in [0.1, 0.15) is 41.6 Å². The van der Waals surface area contributed by atoms with Crippen molar-refractivity contribution in [1.82, 2.24) is 30.0 Å². The molecule has 0 fully saturated rings. The summed E-state index contributed by atoms with van der Waals surface area (Å²) in [5, 5.41) is 7.25. The van der Waals surface area contributed by atoms with Crippen LogP contribution in [0, 0.1) is 13.8 Å². The highest BCUT2D eigenvalue weighted by Crippen LogP contribution is 2.19. The molecule has 1 N–H and O–H groups in total. The average Bonchev–Trinajstić information content (AvgIpc) is 3.08. The van der Waals surface area contributed by atoms with Gasteiger partial charge < -0.3 is 5.32 Å². The van der Waals surface area contributed by atoms with Gasteiger partial charge in [-0.2, -0.15) is 0 Å². The number of nitrogens with one attached hydrogen (secondary N) is 1. The maximum atomic E-state index is 12.4. The fourth-order valence-electron chi connectivity index (χ4n) is 2.40. The van der Waals surface area contributed by atoms with Crippen LogP contribution < -0.4 is 5.32 Å². The summed E-state index contributed by atoms with van der Waals surface area (Å²) in [6, 6.07) is 7.61. The van der Waals surface area contributed by atoms with E-state index in [0.29, 0.717) is 18.1 Å². The maximum Gasteiger partial charge on any atom is 0.290 e. The van der Waals surface area contributed by atoms with E-state index in [9.17, 15) is 4.79 Å². The Morgan fingerprint density at radius 3 is 2.62 bits per heavy atom. The van der Waals surface area contributed by atoms with Gasteiger partial charge in [0.1, 0.15) is 5.69 Å². The number of nitrogens with zero attached hydrogens (tertiary/aromatic N) is 5. The molecule has 0 aliphatic rings.